The summed E-state index contributed by atoms with van der Waals surface area (Å²) in [6.07, 6.45) is 73.7. The van der Waals surface area contributed by atoms with Gasteiger partial charge >= 0.3 is 39.5 Å². The maximum atomic E-state index is 13.2. The van der Waals surface area contributed by atoms with Crippen LogP contribution in [0.15, 0.2) is 0 Å². The Hall–Kier alpha value is -1.94. The lowest BCUT2D eigenvalue weighted by molar-refractivity contribution is -0.161. The Morgan fingerprint density at radius 1 is 0.269 bits per heavy atom. The SMILES string of the molecule is CCCCCCCCCCCCCCCCCCCCCCCCC(=O)O[C@H](COC(=O)CCCCCCCCCCCCCCCCCCCCCC)COP(=O)(O)OC[C@@H](O)COP(=O)(O)OC[C@@H](COC(=O)CCCCCCCCCCCC(C)C)OC(=O)CCCCCCCCCCCCC(C)CC. The third-order valence-corrected chi connectivity index (χ3v) is 23.2. The van der Waals surface area contributed by atoms with Gasteiger partial charge in [-0.2, -0.15) is 0 Å². The van der Waals surface area contributed by atoms with Crippen molar-refractivity contribution in [3.05, 3.63) is 0 Å². The van der Waals surface area contributed by atoms with Crippen molar-refractivity contribution >= 4 is 39.5 Å². The summed E-state index contributed by atoms with van der Waals surface area (Å²) < 4.78 is 69.0. The zero-order chi connectivity index (χ0) is 79.2. The lowest BCUT2D eigenvalue weighted by Gasteiger charge is -2.21. The molecule has 3 unspecified atom stereocenters. The molecule has 0 heterocycles. The minimum Gasteiger partial charge on any atom is -0.462 e. The Kier molecular flexibility index (Phi) is 78.8. The monoisotopic (exact) mass is 1580 g/mol. The molecule has 19 heteroatoms. The number of unbranched alkanes of at least 4 members (excludes halogenated alkanes) is 57. The number of hydrogen-bond donors (Lipinski definition) is 3. The summed E-state index contributed by atoms with van der Waals surface area (Å²) in [5.74, 6) is -0.554. The maximum Gasteiger partial charge on any atom is 0.472 e. The number of rotatable bonds is 88. The first-order valence-corrected chi connectivity index (χ1v) is 49.0. The molecule has 0 rings (SSSR count). The highest BCUT2D eigenvalue weighted by molar-refractivity contribution is 7.47. The molecule has 17 nitrogen and oxygen atoms in total. The topological polar surface area (TPSA) is 237 Å². The molecule has 0 aromatic heterocycles. The number of aliphatic hydroxyl groups is 1. The van der Waals surface area contributed by atoms with E-state index in [1.807, 2.05) is 0 Å². The van der Waals surface area contributed by atoms with Crippen molar-refractivity contribution in [1.82, 2.24) is 0 Å². The molecule has 0 amide bonds. The molecule has 0 aromatic carbocycles. The van der Waals surface area contributed by atoms with Crippen LogP contribution in [0.25, 0.3) is 0 Å². The van der Waals surface area contributed by atoms with Crippen molar-refractivity contribution in [2.45, 2.75) is 496 Å². The number of aliphatic hydroxyl groups excluding tert-OH is 1. The second kappa shape index (κ2) is 80.3. The predicted molar refractivity (Wildman–Crippen MR) is 446 cm³/mol. The van der Waals surface area contributed by atoms with E-state index in [1.165, 1.54) is 295 Å². The second-order valence-corrected chi connectivity index (χ2v) is 35.6. The largest absolute Gasteiger partial charge is 0.472 e. The molecule has 0 aromatic rings. The molecule has 0 saturated heterocycles. The number of carbonyl (C=O) groups excluding carboxylic acids is 4. The van der Waals surface area contributed by atoms with Gasteiger partial charge in [-0.25, -0.2) is 9.13 Å². The van der Waals surface area contributed by atoms with E-state index in [1.54, 1.807) is 0 Å². The van der Waals surface area contributed by atoms with Crippen molar-refractivity contribution in [1.29, 1.82) is 0 Å². The summed E-state index contributed by atoms with van der Waals surface area (Å²) in [6, 6.07) is 0. The molecule has 108 heavy (non-hydrogen) atoms. The van der Waals surface area contributed by atoms with E-state index in [9.17, 15) is 43.2 Å². The van der Waals surface area contributed by atoms with Gasteiger partial charge in [0.2, 0.25) is 0 Å². The molecule has 0 spiro atoms. The standard InChI is InChI=1S/C89H174O17P2/c1-7-10-12-14-16-18-20-22-24-26-28-30-31-33-35-37-39-41-48-55-61-67-73-88(93)105-84(77-99-86(91)71-65-59-53-47-40-38-36-34-32-29-27-25-23-21-19-17-15-13-11-8-2)79-103-107(95,96)101-75-83(90)76-102-108(97,98)104-80-85(78-100-87(92)72-66-60-54-50-44-45-51-57-63-69-81(4)5)106-89(94)74-68-62-56-49-43-42-46-52-58-64-70-82(6)9-3/h81-85,90H,7-80H2,1-6H3,(H,95,96)(H,97,98)/t82?,83-,84-,85-/m1/s1. The fourth-order valence-corrected chi connectivity index (χ4v) is 15.5. The summed E-state index contributed by atoms with van der Waals surface area (Å²) in [7, 11) is -9.93. The maximum absolute atomic E-state index is 13.2. The van der Waals surface area contributed by atoms with E-state index in [0.29, 0.717) is 25.7 Å². The Bertz CT molecular complexity index is 2070. The van der Waals surface area contributed by atoms with Gasteiger partial charge in [-0.15, -0.1) is 0 Å². The van der Waals surface area contributed by atoms with E-state index in [-0.39, 0.29) is 25.7 Å². The average molecular weight is 1580 g/mol. The molecule has 3 N–H and O–H groups in total. The Morgan fingerprint density at radius 3 is 0.704 bits per heavy atom. The number of esters is 4. The van der Waals surface area contributed by atoms with E-state index >= 15 is 0 Å². The van der Waals surface area contributed by atoms with Gasteiger partial charge in [0.1, 0.15) is 19.3 Å². The lowest BCUT2D eigenvalue weighted by Crippen LogP contribution is -2.30. The van der Waals surface area contributed by atoms with Gasteiger partial charge in [-0.05, 0) is 37.5 Å². The summed E-state index contributed by atoms with van der Waals surface area (Å²) in [5, 5.41) is 10.7. The van der Waals surface area contributed by atoms with Crippen LogP contribution < -0.4 is 0 Å². The van der Waals surface area contributed by atoms with Gasteiger partial charge in [-0.1, -0.05) is 427 Å². The molecule has 0 saturated carbocycles. The average Bonchev–Trinajstić information content (AvgIpc) is 0.896. The number of phosphoric ester groups is 2. The Labute approximate surface area is 664 Å². The van der Waals surface area contributed by atoms with Crippen LogP contribution in [-0.2, 0) is 65.4 Å². The lowest BCUT2D eigenvalue weighted by atomic mass is 9.99. The highest BCUT2D eigenvalue weighted by Crippen LogP contribution is 2.45. The fourth-order valence-electron chi connectivity index (χ4n) is 13.9. The highest BCUT2D eigenvalue weighted by atomic mass is 31.2. The summed E-state index contributed by atoms with van der Waals surface area (Å²) >= 11 is 0. The number of carbonyl (C=O) groups is 4. The molecule has 642 valence electrons. The Balaban J connectivity index is 5.23. The third-order valence-electron chi connectivity index (χ3n) is 21.3. The molecular formula is C89H174O17P2. The van der Waals surface area contributed by atoms with Crippen LogP contribution in [0.4, 0.5) is 0 Å². The fraction of sp³-hybridized carbons (Fsp3) is 0.955. The minimum atomic E-state index is -4.97. The Morgan fingerprint density at radius 2 is 0.472 bits per heavy atom. The molecule has 0 bridgehead atoms. The van der Waals surface area contributed by atoms with Crippen molar-refractivity contribution in [3.63, 3.8) is 0 Å². The predicted octanol–water partition coefficient (Wildman–Crippen LogP) is 27.4. The number of phosphoric acid groups is 2. The van der Waals surface area contributed by atoms with Gasteiger partial charge in [0.25, 0.3) is 0 Å². The van der Waals surface area contributed by atoms with Gasteiger partial charge in [0, 0.05) is 25.7 Å². The van der Waals surface area contributed by atoms with E-state index in [4.69, 9.17) is 37.0 Å². The van der Waals surface area contributed by atoms with Crippen LogP contribution in [0.1, 0.15) is 478 Å². The quantitative estimate of drug-likeness (QED) is 0.0222. The zero-order valence-corrected chi connectivity index (χ0v) is 73.0. The van der Waals surface area contributed by atoms with Gasteiger partial charge < -0.3 is 33.8 Å². The molecular weight excluding hydrogens is 1400 g/mol. The number of hydrogen-bond acceptors (Lipinski definition) is 15. The highest BCUT2D eigenvalue weighted by Gasteiger charge is 2.31. The van der Waals surface area contributed by atoms with Crippen LogP contribution >= 0.6 is 15.6 Å². The van der Waals surface area contributed by atoms with Crippen molar-refractivity contribution < 1.29 is 80.2 Å². The van der Waals surface area contributed by atoms with Crippen LogP contribution in [-0.4, -0.2) is 96.7 Å². The summed E-state index contributed by atoms with van der Waals surface area (Å²) in [6.45, 7) is 9.69. The molecule has 0 aliphatic carbocycles. The van der Waals surface area contributed by atoms with Crippen molar-refractivity contribution in [2.75, 3.05) is 39.6 Å². The molecule has 0 aliphatic rings. The van der Waals surface area contributed by atoms with Gasteiger partial charge in [0.05, 0.1) is 26.4 Å². The van der Waals surface area contributed by atoms with Crippen LogP contribution in [0, 0.1) is 11.8 Å². The molecule has 0 aliphatic heterocycles. The summed E-state index contributed by atoms with van der Waals surface area (Å²) in [5.41, 5.74) is 0. The zero-order valence-electron chi connectivity index (χ0n) is 71.2. The van der Waals surface area contributed by atoms with Crippen molar-refractivity contribution in [3.8, 4) is 0 Å². The third kappa shape index (κ3) is 80.7. The second-order valence-electron chi connectivity index (χ2n) is 32.7. The van der Waals surface area contributed by atoms with Crippen molar-refractivity contribution in [2.24, 2.45) is 11.8 Å². The van der Waals surface area contributed by atoms with E-state index in [2.05, 4.69) is 41.5 Å². The summed E-state index contributed by atoms with van der Waals surface area (Å²) in [4.78, 5) is 73.3. The minimum absolute atomic E-state index is 0.106. The number of ether oxygens (including phenoxy) is 4. The molecule has 6 atom stereocenters. The first-order valence-electron chi connectivity index (χ1n) is 46.0. The van der Waals surface area contributed by atoms with Crippen LogP contribution in [0.3, 0.4) is 0 Å². The first kappa shape index (κ1) is 106. The smallest absolute Gasteiger partial charge is 0.462 e. The van der Waals surface area contributed by atoms with Gasteiger partial charge in [0.15, 0.2) is 12.2 Å². The normalized spacial score (nSPS) is 14.0. The van der Waals surface area contributed by atoms with E-state index < -0.39 is 97.5 Å². The molecule has 0 fully saturated rings. The molecule has 0 radical (unpaired) electrons. The van der Waals surface area contributed by atoms with E-state index in [0.717, 1.165) is 102 Å². The van der Waals surface area contributed by atoms with Gasteiger partial charge in [-0.3, -0.25) is 37.3 Å². The van der Waals surface area contributed by atoms with Crippen LogP contribution in [0.5, 0.6) is 0 Å². The first-order chi connectivity index (χ1) is 52.4. The van der Waals surface area contributed by atoms with Crippen LogP contribution in [0.2, 0.25) is 0 Å².